The fourth-order valence-electron chi connectivity index (χ4n) is 2.17. The molecule has 1 aromatic heterocycles. The lowest BCUT2D eigenvalue weighted by atomic mass is 10.1. The number of nitrogens with zero attached hydrogens (tertiary/aromatic N) is 2. The molecular formula is C11H15ClN2. The van der Waals surface area contributed by atoms with Gasteiger partial charge < -0.3 is 0 Å². The molecule has 1 saturated heterocycles. The molecule has 1 unspecified atom stereocenters. The molecule has 0 saturated carbocycles. The highest BCUT2D eigenvalue weighted by Crippen LogP contribution is 2.31. The Morgan fingerprint density at radius 3 is 3.07 bits per heavy atom. The number of hydrogen-bond donors (Lipinski definition) is 0. The van der Waals surface area contributed by atoms with Gasteiger partial charge in [0.05, 0.1) is 0 Å². The van der Waals surface area contributed by atoms with Crippen LogP contribution >= 0.6 is 11.6 Å². The average molecular weight is 211 g/mol. The van der Waals surface area contributed by atoms with Crippen LogP contribution in [0.1, 0.15) is 31.4 Å². The molecule has 2 heterocycles. The summed E-state index contributed by atoms with van der Waals surface area (Å²) in [5.41, 5.74) is 1.30. The molecule has 2 nitrogen and oxygen atoms in total. The van der Waals surface area contributed by atoms with Gasteiger partial charge in [-0.15, -0.1) is 0 Å². The molecule has 1 aromatic rings. The van der Waals surface area contributed by atoms with Crippen molar-refractivity contribution in [3.63, 3.8) is 0 Å². The highest BCUT2D eigenvalue weighted by molar-refractivity contribution is 6.29. The molecule has 76 valence electrons. The number of hydrogen-bond acceptors (Lipinski definition) is 2. The normalized spacial score (nSPS) is 22.9. The third-order valence-corrected chi connectivity index (χ3v) is 3.13. The number of aromatic nitrogens is 1. The molecular weight excluding hydrogens is 196 g/mol. The minimum Gasteiger partial charge on any atom is -0.297 e. The first-order valence-electron chi connectivity index (χ1n) is 5.16. The summed E-state index contributed by atoms with van der Waals surface area (Å²) >= 11 is 5.76. The summed E-state index contributed by atoms with van der Waals surface area (Å²) in [6.07, 6.45) is 4.44. The number of pyridine rings is 1. The smallest absolute Gasteiger partial charge is 0.129 e. The van der Waals surface area contributed by atoms with Crippen molar-refractivity contribution in [1.29, 1.82) is 0 Å². The van der Waals surface area contributed by atoms with Crippen molar-refractivity contribution in [3.8, 4) is 0 Å². The Hall–Kier alpha value is -0.600. The van der Waals surface area contributed by atoms with Gasteiger partial charge >= 0.3 is 0 Å². The van der Waals surface area contributed by atoms with Crippen molar-refractivity contribution >= 4 is 11.6 Å². The van der Waals surface area contributed by atoms with Crippen molar-refractivity contribution in [3.05, 3.63) is 29.0 Å². The summed E-state index contributed by atoms with van der Waals surface area (Å²) in [6, 6.07) is 4.53. The summed E-state index contributed by atoms with van der Waals surface area (Å²) in [7, 11) is 0. The Morgan fingerprint density at radius 1 is 1.57 bits per heavy atom. The Bertz CT molecular complexity index is 297. The molecule has 0 bridgehead atoms. The fraction of sp³-hybridized carbons (Fsp3) is 0.545. The zero-order valence-corrected chi connectivity index (χ0v) is 9.17. The largest absolute Gasteiger partial charge is 0.297 e. The molecule has 0 aliphatic carbocycles. The van der Waals surface area contributed by atoms with Gasteiger partial charge in [-0.1, -0.05) is 24.6 Å². The van der Waals surface area contributed by atoms with Crippen LogP contribution in [-0.2, 0) is 0 Å². The fourth-order valence-corrected chi connectivity index (χ4v) is 2.28. The zero-order chi connectivity index (χ0) is 9.97. The minimum atomic E-state index is 0.560. The van der Waals surface area contributed by atoms with Crippen LogP contribution in [-0.4, -0.2) is 23.0 Å². The summed E-state index contributed by atoms with van der Waals surface area (Å²) < 4.78 is 0. The molecule has 0 radical (unpaired) electrons. The minimum absolute atomic E-state index is 0.560. The zero-order valence-electron chi connectivity index (χ0n) is 8.41. The van der Waals surface area contributed by atoms with E-state index in [2.05, 4.69) is 22.9 Å². The Labute approximate surface area is 89.9 Å². The van der Waals surface area contributed by atoms with Gasteiger partial charge in [-0.3, -0.25) is 4.90 Å². The van der Waals surface area contributed by atoms with Crippen LogP contribution in [0, 0.1) is 0 Å². The van der Waals surface area contributed by atoms with Gasteiger partial charge in [0.1, 0.15) is 5.15 Å². The number of halogens is 1. The van der Waals surface area contributed by atoms with E-state index in [1.807, 2.05) is 12.3 Å². The van der Waals surface area contributed by atoms with Gasteiger partial charge in [-0.05, 0) is 37.6 Å². The lowest BCUT2D eigenvalue weighted by Gasteiger charge is -2.22. The van der Waals surface area contributed by atoms with Gasteiger partial charge in [-0.25, -0.2) is 4.98 Å². The van der Waals surface area contributed by atoms with Crippen molar-refractivity contribution in [2.75, 3.05) is 13.1 Å². The van der Waals surface area contributed by atoms with Crippen LogP contribution in [0.15, 0.2) is 18.3 Å². The highest BCUT2D eigenvalue weighted by atomic mass is 35.5. The maximum absolute atomic E-state index is 5.76. The van der Waals surface area contributed by atoms with E-state index < -0.39 is 0 Å². The van der Waals surface area contributed by atoms with Gasteiger partial charge in [0, 0.05) is 12.2 Å². The standard InChI is InChI=1S/C11H15ClN2/c1-2-14-7-3-4-10(14)9-5-6-11(12)13-8-9/h5-6,8,10H,2-4,7H2,1H3. The van der Waals surface area contributed by atoms with Crippen LogP contribution < -0.4 is 0 Å². The van der Waals surface area contributed by atoms with Crippen molar-refractivity contribution in [2.24, 2.45) is 0 Å². The molecule has 0 amide bonds. The molecule has 1 fully saturated rings. The van der Waals surface area contributed by atoms with Gasteiger partial charge in [0.2, 0.25) is 0 Å². The predicted octanol–water partition coefficient (Wildman–Crippen LogP) is 2.89. The van der Waals surface area contributed by atoms with Gasteiger partial charge in [0.25, 0.3) is 0 Å². The molecule has 2 rings (SSSR count). The third kappa shape index (κ3) is 1.91. The molecule has 0 N–H and O–H groups in total. The maximum atomic E-state index is 5.76. The number of likely N-dealkylation sites (tertiary alicyclic amines) is 1. The van der Waals surface area contributed by atoms with Gasteiger partial charge in [0.15, 0.2) is 0 Å². The Kier molecular flexibility index (Phi) is 3.04. The molecule has 0 spiro atoms. The Morgan fingerprint density at radius 2 is 2.43 bits per heavy atom. The summed E-state index contributed by atoms with van der Waals surface area (Å²) in [6.45, 7) is 4.54. The van der Waals surface area contributed by atoms with E-state index in [4.69, 9.17) is 11.6 Å². The first-order chi connectivity index (χ1) is 6.81. The first-order valence-corrected chi connectivity index (χ1v) is 5.54. The van der Waals surface area contributed by atoms with E-state index in [9.17, 15) is 0 Å². The van der Waals surface area contributed by atoms with Crippen LogP contribution in [0.4, 0.5) is 0 Å². The SMILES string of the molecule is CCN1CCCC1c1ccc(Cl)nc1. The summed E-state index contributed by atoms with van der Waals surface area (Å²) in [5.74, 6) is 0. The first kappa shape index (κ1) is 9.94. The highest BCUT2D eigenvalue weighted by Gasteiger charge is 2.24. The second-order valence-corrected chi connectivity index (χ2v) is 4.09. The summed E-state index contributed by atoms with van der Waals surface area (Å²) in [5, 5.41) is 0.579. The van der Waals surface area contributed by atoms with E-state index in [1.165, 1.54) is 24.9 Å². The van der Waals surface area contributed by atoms with Gasteiger partial charge in [-0.2, -0.15) is 0 Å². The van der Waals surface area contributed by atoms with E-state index in [-0.39, 0.29) is 0 Å². The molecule has 3 heteroatoms. The quantitative estimate of drug-likeness (QED) is 0.698. The number of rotatable bonds is 2. The molecule has 0 aromatic carbocycles. The van der Waals surface area contributed by atoms with Crippen molar-refractivity contribution in [2.45, 2.75) is 25.8 Å². The molecule has 14 heavy (non-hydrogen) atoms. The lowest BCUT2D eigenvalue weighted by molar-refractivity contribution is 0.271. The molecule has 1 atom stereocenters. The van der Waals surface area contributed by atoms with Crippen LogP contribution in [0.2, 0.25) is 5.15 Å². The second kappa shape index (κ2) is 4.28. The van der Waals surface area contributed by atoms with Crippen LogP contribution in [0.5, 0.6) is 0 Å². The van der Waals surface area contributed by atoms with E-state index in [0.717, 1.165) is 6.54 Å². The van der Waals surface area contributed by atoms with Crippen molar-refractivity contribution in [1.82, 2.24) is 9.88 Å². The van der Waals surface area contributed by atoms with Crippen LogP contribution in [0.25, 0.3) is 0 Å². The van der Waals surface area contributed by atoms with E-state index >= 15 is 0 Å². The maximum Gasteiger partial charge on any atom is 0.129 e. The summed E-state index contributed by atoms with van der Waals surface area (Å²) in [4.78, 5) is 6.62. The average Bonchev–Trinajstić information content (AvgIpc) is 2.67. The Balaban J connectivity index is 2.17. The van der Waals surface area contributed by atoms with E-state index in [0.29, 0.717) is 11.2 Å². The van der Waals surface area contributed by atoms with E-state index in [1.54, 1.807) is 0 Å². The molecule has 1 aliphatic rings. The third-order valence-electron chi connectivity index (χ3n) is 2.90. The lowest BCUT2D eigenvalue weighted by Crippen LogP contribution is -2.22. The molecule has 1 aliphatic heterocycles. The van der Waals surface area contributed by atoms with Crippen molar-refractivity contribution < 1.29 is 0 Å². The second-order valence-electron chi connectivity index (χ2n) is 3.70. The van der Waals surface area contributed by atoms with Crippen LogP contribution in [0.3, 0.4) is 0 Å². The topological polar surface area (TPSA) is 16.1 Å². The monoisotopic (exact) mass is 210 g/mol. The predicted molar refractivity (Wildman–Crippen MR) is 58.5 cm³/mol.